The lowest BCUT2D eigenvalue weighted by atomic mass is 9.64. The molecule has 33 heavy (non-hydrogen) atoms. The summed E-state index contributed by atoms with van der Waals surface area (Å²) in [6.07, 6.45) is 11.6. The van der Waals surface area contributed by atoms with E-state index in [9.17, 15) is 0 Å². The number of allylic oxidation sites excluding steroid dienone is 5. The molecule has 1 aromatic carbocycles. The maximum atomic E-state index is 5.47. The van der Waals surface area contributed by atoms with E-state index < -0.39 is 0 Å². The maximum Gasteiger partial charge on any atom is 0.119 e. The van der Waals surface area contributed by atoms with Crippen LogP contribution in [0.4, 0.5) is 0 Å². The zero-order valence-corrected chi connectivity index (χ0v) is 23.0. The molecule has 2 rings (SSSR count). The van der Waals surface area contributed by atoms with Crippen molar-refractivity contribution < 1.29 is 9.47 Å². The van der Waals surface area contributed by atoms with Gasteiger partial charge in [0.15, 0.2) is 0 Å². The van der Waals surface area contributed by atoms with Gasteiger partial charge in [0, 0.05) is 0 Å². The first-order valence-corrected chi connectivity index (χ1v) is 12.8. The summed E-state index contributed by atoms with van der Waals surface area (Å²) in [5, 5.41) is 0. The number of methoxy groups -OCH3 is 1. The fourth-order valence-electron chi connectivity index (χ4n) is 4.71. The number of benzene rings is 1. The van der Waals surface area contributed by atoms with Crippen LogP contribution < -0.4 is 4.74 Å². The van der Waals surface area contributed by atoms with Gasteiger partial charge >= 0.3 is 0 Å². The zero-order chi connectivity index (χ0) is 25.0. The predicted octanol–water partition coefficient (Wildman–Crippen LogP) is 9.60. The number of aryl methyl sites for hydroxylation is 1. The second kappa shape index (κ2) is 14.3. The lowest BCUT2D eigenvalue weighted by molar-refractivity contribution is 0.174. The summed E-state index contributed by atoms with van der Waals surface area (Å²) in [7, 11) is 1.75. The minimum atomic E-state index is 0.262. The highest BCUT2D eigenvalue weighted by Crippen LogP contribution is 2.48. The van der Waals surface area contributed by atoms with E-state index in [4.69, 9.17) is 9.47 Å². The summed E-state index contributed by atoms with van der Waals surface area (Å²) in [6.45, 7) is 21.4. The molecule has 0 heterocycles. The zero-order valence-electron chi connectivity index (χ0n) is 23.0. The third-order valence-electron chi connectivity index (χ3n) is 6.94. The van der Waals surface area contributed by atoms with Crippen molar-refractivity contribution in [1.29, 1.82) is 0 Å². The van der Waals surface area contributed by atoms with Crippen molar-refractivity contribution in [2.24, 2.45) is 11.3 Å². The van der Waals surface area contributed by atoms with Gasteiger partial charge in [0.05, 0.1) is 19.0 Å². The maximum absolute atomic E-state index is 5.47. The molecule has 0 spiro atoms. The molecule has 186 valence electrons. The van der Waals surface area contributed by atoms with E-state index in [-0.39, 0.29) is 6.10 Å². The van der Waals surface area contributed by atoms with Gasteiger partial charge in [-0.05, 0) is 122 Å². The third kappa shape index (κ3) is 10.2. The molecule has 1 aliphatic rings. The Morgan fingerprint density at radius 3 is 2.09 bits per heavy atom. The van der Waals surface area contributed by atoms with Crippen LogP contribution in [0.3, 0.4) is 0 Å². The van der Waals surface area contributed by atoms with Gasteiger partial charge in [0.25, 0.3) is 0 Å². The van der Waals surface area contributed by atoms with E-state index in [1.165, 1.54) is 67.2 Å². The second-order valence-corrected chi connectivity index (χ2v) is 10.4. The molecule has 0 N–H and O–H groups in total. The first-order valence-electron chi connectivity index (χ1n) is 12.8. The van der Waals surface area contributed by atoms with Crippen LogP contribution in [0.5, 0.6) is 5.75 Å². The SMILES string of the molecule is C=C(C)C1(CCC)CCC(CC(/C=C(/C)OC)=C(C)C)CC1.Cc1ccc(OC(C)C)cc1. The Morgan fingerprint density at radius 2 is 1.67 bits per heavy atom. The molecule has 0 amide bonds. The highest BCUT2D eigenvalue weighted by molar-refractivity contribution is 5.27. The molecule has 0 unspecified atom stereocenters. The van der Waals surface area contributed by atoms with E-state index in [0.29, 0.717) is 5.41 Å². The standard InChI is InChI=1S/C21H36O.C10H14O/c1-8-11-21(17(4)5)12-9-19(10-13-21)15-20(16(2)3)14-18(6)22-7;1-8(2)11-10-6-4-9(3)5-7-10/h14,19H,4,8-13,15H2,1-3,5-7H3;4-8H,1-3H3/b18-14-;. The molecule has 1 saturated carbocycles. The molecule has 0 aliphatic heterocycles. The molecule has 1 aliphatic carbocycles. The van der Waals surface area contributed by atoms with Gasteiger partial charge in [-0.25, -0.2) is 0 Å². The molecule has 0 bridgehead atoms. The molecule has 0 aromatic heterocycles. The Balaban J connectivity index is 0.000000412. The minimum absolute atomic E-state index is 0.262. The molecular formula is C31H50O2. The van der Waals surface area contributed by atoms with Crippen molar-refractivity contribution in [3.63, 3.8) is 0 Å². The Hall–Kier alpha value is -1.96. The van der Waals surface area contributed by atoms with Crippen LogP contribution in [-0.2, 0) is 4.74 Å². The van der Waals surface area contributed by atoms with Gasteiger partial charge in [-0.2, -0.15) is 0 Å². The minimum Gasteiger partial charge on any atom is -0.501 e. The van der Waals surface area contributed by atoms with E-state index in [2.05, 4.69) is 59.4 Å². The van der Waals surface area contributed by atoms with Crippen molar-refractivity contribution in [1.82, 2.24) is 0 Å². The number of hydrogen-bond acceptors (Lipinski definition) is 2. The second-order valence-electron chi connectivity index (χ2n) is 10.4. The smallest absolute Gasteiger partial charge is 0.119 e. The lowest BCUT2D eigenvalue weighted by Gasteiger charge is -2.41. The molecule has 0 atom stereocenters. The van der Waals surface area contributed by atoms with Gasteiger partial charge in [-0.3, -0.25) is 0 Å². The van der Waals surface area contributed by atoms with E-state index >= 15 is 0 Å². The lowest BCUT2D eigenvalue weighted by Crippen LogP contribution is -2.28. The number of hydrogen-bond donors (Lipinski definition) is 0. The molecule has 0 saturated heterocycles. The fraction of sp³-hybridized carbons (Fsp3) is 0.613. The van der Waals surface area contributed by atoms with Crippen LogP contribution in [0.2, 0.25) is 0 Å². The average Bonchev–Trinajstić information content (AvgIpc) is 2.76. The van der Waals surface area contributed by atoms with Crippen molar-refractivity contribution >= 4 is 0 Å². The van der Waals surface area contributed by atoms with Gasteiger partial charge in [-0.15, -0.1) is 0 Å². The van der Waals surface area contributed by atoms with Crippen LogP contribution in [0.25, 0.3) is 0 Å². The van der Waals surface area contributed by atoms with Gasteiger partial charge < -0.3 is 9.47 Å². The number of rotatable bonds is 9. The van der Waals surface area contributed by atoms with Crippen molar-refractivity contribution in [3.05, 3.63) is 65.0 Å². The molecular weight excluding hydrogens is 404 g/mol. The Labute approximate surface area is 205 Å². The van der Waals surface area contributed by atoms with Crippen LogP contribution >= 0.6 is 0 Å². The third-order valence-corrected chi connectivity index (χ3v) is 6.94. The summed E-state index contributed by atoms with van der Waals surface area (Å²) in [5.41, 5.74) is 5.98. The van der Waals surface area contributed by atoms with Crippen LogP contribution in [0.1, 0.15) is 99.0 Å². The van der Waals surface area contributed by atoms with Crippen molar-refractivity contribution in [3.8, 4) is 5.75 Å². The Morgan fingerprint density at radius 1 is 1.09 bits per heavy atom. The first-order chi connectivity index (χ1) is 15.5. The van der Waals surface area contributed by atoms with Gasteiger partial charge in [0.2, 0.25) is 0 Å². The van der Waals surface area contributed by atoms with Crippen LogP contribution in [-0.4, -0.2) is 13.2 Å². The summed E-state index contributed by atoms with van der Waals surface area (Å²) >= 11 is 0. The van der Waals surface area contributed by atoms with Crippen molar-refractivity contribution in [2.75, 3.05) is 7.11 Å². The van der Waals surface area contributed by atoms with Crippen molar-refractivity contribution in [2.45, 2.75) is 106 Å². The summed E-state index contributed by atoms with van der Waals surface area (Å²) in [5.74, 6) is 2.77. The normalized spacial score (nSPS) is 20.5. The molecule has 2 nitrogen and oxygen atoms in total. The number of ether oxygens (including phenoxy) is 2. The Kier molecular flexibility index (Phi) is 12.6. The highest BCUT2D eigenvalue weighted by Gasteiger charge is 2.35. The quantitative estimate of drug-likeness (QED) is 0.210. The topological polar surface area (TPSA) is 18.5 Å². The molecule has 2 heteroatoms. The molecule has 1 fully saturated rings. The van der Waals surface area contributed by atoms with Gasteiger partial charge in [0.1, 0.15) is 5.75 Å². The largest absolute Gasteiger partial charge is 0.501 e. The van der Waals surface area contributed by atoms with Crippen LogP contribution in [0.15, 0.2) is 59.4 Å². The summed E-state index contributed by atoms with van der Waals surface area (Å²) in [6, 6.07) is 8.10. The molecule has 1 aromatic rings. The molecule has 0 radical (unpaired) electrons. The fourth-order valence-corrected chi connectivity index (χ4v) is 4.71. The van der Waals surface area contributed by atoms with Gasteiger partial charge in [-0.1, -0.05) is 48.8 Å². The summed E-state index contributed by atoms with van der Waals surface area (Å²) in [4.78, 5) is 0. The monoisotopic (exact) mass is 454 g/mol. The van der Waals surface area contributed by atoms with E-state index in [0.717, 1.165) is 17.4 Å². The average molecular weight is 455 g/mol. The summed E-state index contributed by atoms with van der Waals surface area (Å²) < 4.78 is 10.8. The van der Waals surface area contributed by atoms with E-state index in [1.807, 2.05) is 32.9 Å². The Bertz CT molecular complexity index is 768. The first kappa shape index (κ1) is 29.1. The van der Waals surface area contributed by atoms with Crippen LogP contribution in [0, 0.1) is 18.3 Å². The highest BCUT2D eigenvalue weighted by atomic mass is 16.5. The predicted molar refractivity (Wildman–Crippen MR) is 145 cm³/mol. The van der Waals surface area contributed by atoms with E-state index in [1.54, 1.807) is 7.11 Å².